The standard InChI is InChI=1S/C19H29F3N4O2/c1-18(2,26-9-12-27-13-10-26)14-25-17(23-3)24-8-11-28-16-6-4-15(5-7-16)19(20,21)22/h4-7H,8-14H2,1-3H3,(H2,23,24,25). The summed E-state index contributed by atoms with van der Waals surface area (Å²) in [6.45, 7) is 9.14. The lowest BCUT2D eigenvalue weighted by Crippen LogP contribution is -2.56. The van der Waals surface area contributed by atoms with E-state index in [1.54, 1.807) is 7.05 Å². The molecule has 0 unspecified atom stereocenters. The minimum atomic E-state index is -4.34. The highest BCUT2D eigenvalue weighted by Gasteiger charge is 2.30. The molecule has 2 rings (SSSR count). The second-order valence-corrected chi connectivity index (χ2v) is 7.13. The molecule has 28 heavy (non-hydrogen) atoms. The Morgan fingerprint density at radius 3 is 2.36 bits per heavy atom. The first-order chi connectivity index (χ1) is 13.2. The van der Waals surface area contributed by atoms with Crippen molar-refractivity contribution in [2.45, 2.75) is 25.6 Å². The lowest BCUT2D eigenvalue weighted by atomic mass is 10.0. The van der Waals surface area contributed by atoms with Crippen molar-refractivity contribution in [3.8, 4) is 5.75 Å². The molecule has 0 aromatic heterocycles. The number of nitrogens with one attached hydrogen (secondary N) is 2. The number of guanidine groups is 1. The fourth-order valence-corrected chi connectivity index (χ4v) is 2.88. The molecule has 0 amide bonds. The summed E-state index contributed by atoms with van der Waals surface area (Å²) in [7, 11) is 1.69. The van der Waals surface area contributed by atoms with Crippen LogP contribution in [0.5, 0.6) is 5.75 Å². The molecule has 1 aliphatic heterocycles. The van der Waals surface area contributed by atoms with E-state index in [1.165, 1.54) is 12.1 Å². The van der Waals surface area contributed by atoms with E-state index < -0.39 is 11.7 Å². The van der Waals surface area contributed by atoms with Gasteiger partial charge in [0.05, 0.1) is 25.3 Å². The second-order valence-electron chi connectivity index (χ2n) is 7.13. The minimum absolute atomic E-state index is 0.0435. The number of halogens is 3. The van der Waals surface area contributed by atoms with Gasteiger partial charge in [-0.25, -0.2) is 0 Å². The molecule has 0 radical (unpaired) electrons. The Morgan fingerprint density at radius 1 is 1.14 bits per heavy atom. The van der Waals surface area contributed by atoms with Crippen LogP contribution in [0.1, 0.15) is 19.4 Å². The van der Waals surface area contributed by atoms with Gasteiger partial charge in [0.15, 0.2) is 5.96 Å². The average molecular weight is 402 g/mol. The zero-order chi connectivity index (χ0) is 20.6. The number of aliphatic imine (C=N–C) groups is 1. The van der Waals surface area contributed by atoms with Crippen LogP contribution in [-0.2, 0) is 10.9 Å². The van der Waals surface area contributed by atoms with E-state index in [0.29, 0.717) is 31.4 Å². The van der Waals surface area contributed by atoms with Crippen molar-refractivity contribution in [1.82, 2.24) is 15.5 Å². The fourth-order valence-electron chi connectivity index (χ4n) is 2.88. The number of benzene rings is 1. The minimum Gasteiger partial charge on any atom is -0.492 e. The molecule has 0 saturated carbocycles. The molecule has 0 spiro atoms. The summed E-state index contributed by atoms with van der Waals surface area (Å²) in [5.74, 6) is 1.04. The highest BCUT2D eigenvalue weighted by Crippen LogP contribution is 2.30. The first-order valence-corrected chi connectivity index (χ1v) is 9.30. The lowest BCUT2D eigenvalue weighted by molar-refractivity contribution is -0.137. The van der Waals surface area contributed by atoms with Crippen molar-refractivity contribution >= 4 is 5.96 Å². The summed E-state index contributed by atoms with van der Waals surface area (Å²) in [6.07, 6.45) is -4.34. The Balaban J connectivity index is 1.70. The molecular weight excluding hydrogens is 373 g/mol. The van der Waals surface area contributed by atoms with Gasteiger partial charge in [-0.2, -0.15) is 13.2 Å². The maximum atomic E-state index is 12.5. The highest BCUT2D eigenvalue weighted by atomic mass is 19.4. The zero-order valence-corrected chi connectivity index (χ0v) is 16.6. The summed E-state index contributed by atoms with van der Waals surface area (Å²) in [6, 6.07) is 4.66. The van der Waals surface area contributed by atoms with Crippen LogP contribution in [-0.4, -0.2) is 69.4 Å². The van der Waals surface area contributed by atoms with Gasteiger partial charge in [0.25, 0.3) is 0 Å². The van der Waals surface area contributed by atoms with Gasteiger partial charge in [0, 0.05) is 32.2 Å². The number of alkyl halides is 3. The number of morpholine rings is 1. The van der Waals surface area contributed by atoms with Crippen molar-refractivity contribution in [3.05, 3.63) is 29.8 Å². The van der Waals surface area contributed by atoms with Gasteiger partial charge in [-0.1, -0.05) is 0 Å². The summed E-state index contributed by atoms with van der Waals surface area (Å²) < 4.78 is 48.5. The number of hydrogen-bond donors (Lipinski definition) is 2. The Bertz CT molecular complexity index is 627. The molecule has 158 valence electrons. The van der Waals surface area contributed by atoms with Crippen molar-refractivity contribution in [2.24, 2.45) is 4.99 Å². The third-order valence-electron chi connectivity index (χ3n) is 4.62. The Kier molecular flexibility index (Phi) is 7.94. The van der Waals surface area contributed by atoms with Crippen molar-refractivity contribution < 1.29 is 22.6 Å². The topological polar surface area (TPSA) is 58.1 Å². The fraction of sp³-hybridized carbons (Fsp3) is 0.632. The maximum Gasteiger partial charge on any atom is 0.416 e. The number of ether oxygens (including phenoxy) is 2. The monoisotopic (exact) mass is 402 g/mol. The van der Waals surface area contributed by atoms with Gasteiger partial charge in [-0.15, -0.1) is 0 Å². The molecule has 0 bridgehead atoms. The van der Waals surface area contributed by atoms with Crippen LogP contribution < -0.4 is 15.4 Å². The molecule has 2 N–H and O–H groups in total. The Labute approximate surface area is 164 Å². The molecule has 0 atom stereocenters. The molecule has 1 heterocycles. The predicted molar refractivity (Wildman–Crippen MR) is 103 cm³/mol. The maximum absolute atomic E-state index is 12.5. The van der Waals surface area contributed by atoms with E-state index >= 15 is 0 Å². The molecule has 1 aromatic rings. The molecule has 0 aliphatic carbocycles. The highest BCUT2D eigenvalue weighted by molar-refractivity contribution is 5.79. The van der Waals surface area contributed by atoms with E-state index in [1.807, 2.05) is 0 Å². The van der Waals surface area contributed by atoms with Crippen molar-refractivity contribution in [2.75, 3.05) is 53.0 Å². The molecule has 6 nitrogen and oxygen atoms in total. The predicted octanol–water partition coefficient (Wildman–Crippen LogP) is 2.36. The molecule has 1 aliphatic rings. The van der Waals surface area contributed by atoms with Crippen LogP contribution in [0.3, 0.4) is 0 Å². The van der Waals surface area contributed by atoms with Crippen molar-refractivity contribution in [1.29, 1.82) is 0 Å². The third-order valence-corrected chi connectivity index (χ3v) is 4.62. The van der Waals surface area contributed by atoms with Gasteiger partial charge >= 0.3 is 6.18 Å². The van der Waals surface area contributed by atoms with Crippen molar-refractivity contribution in [3.63, 3.8) is 0 Å². The molecule has 1 fully saturated rings. The van der Waals surface area contributed by atoms with Crippen LogP contribution in [0.4, 0.5) is 13.2 Å². The zero-order valence-electron chi connectivity index (χ0n) is 16.6. The molecule has 9 heteroatoms. The van der Waals surface area contributed by atoms with Gasteiger partial charge < -0.3 is 20.1 Å². The summed E-state index contributed by atoms with van der Waals surface area (Å²) in [5, 5.41) is 6.45. The van der Waals surface area contributed by atoms with Gasteiger partial charge in [-0.3, -0.25) is 9.89 Å². The van der Waals surface area contributed by atoms with E-state index in [2.05, 4.69) is 34.4 Å². The number of nitrogens with zero attached hydrogens (tertiary/aromatic N) is 2. The Hall–Kier alpha value is -2.00. The largest absolute Gasteiger partial charge is 0.492 e. The lowest BCUT2D eigenvalue weighted by Gasteiger charge is -2.41. The third kappa shape index (κ3) is 6.87. The van der Waals surface area contributed by atoms with Gasteiger partial charge in [-0.05, 0) is 38.1 Å². The van der Waals surface area contributed by atoms with E-state index in [4.69, 9.17) is 9.47 Å². The van der Waals surface area contributed by atoms with Crippen LogP contribution >= 0.6 is 0 Å². The number of rotatable bonds is 7. The summed E-state index contributed by atoms with van der Waals surface area (Å²) in [5.41, 5.74) is -0.733. The SMILES string of the molecule is CN=C(NCCOc1ccc(C(F)(F)F)cc1)NCC(C)(C)N1CCOCC1. The van der Waals surface area contributed by atoms with Crippen LogP contribution in [0, 0.1) is 0 Å². The van der Waals surface area contributed by atoms with Crippen LogP contribution in [0.25, 0.3) is 0 Å². The summed E-state index contributed by atoms with van der Waals surface area (Å²) >= 11 is 0. The molecule has 1 aromatic carbocycles. The summed E-state index contributed by atoms with van der Waals surface area (Å²) in [4.78, 5) is 6.57. The van der Waals surface area contributed by atoms with E-state index in [-0.39, 0.29) is 5.54 Å². The normalized spacial score (nSPS) is 16.7. The van der Waals surface area contributed by atoms with Crippen LogP contribution in [0.2, 0.25) is 0 Å². The quantitative estimate of drug-likeness (QED) is 0.417. The number of hydrogen-bond acceptors (Lipinski definition) is 4. The van der Waals surface area contributed by atoms with Gasteiger partial charge in [0.1, 0.15) is 12.4 Å². The second kappa shape index (κ2) is 9.97. The van der Waals surface area contributed by atoms with E-state index in [0.717, 1.165) is 38.4 Å². The molecular formula is C19H29F3N4O2. The van der Waals surface area contributed by atoms with E-state index in [9.17, 15) is 13.2 Å². The molecule has 1 saturated heterocycles. The first kappa shape index (κ1) is 22.3. The first-order valence-electron chi connectivity index (χ1n) is 9.30. The smallest absolute Gasteiger partial charge is 0.416 e. The van der Waals surface area contributed by atoms with Crippen LogP contribution in [0.15, 0.2) is 29.3 Å². The van der Waals surface area contributed by atoms with Gasteiger partial charge in [0.2, 0.25) is 0 Å². The Morgan fingerprint density at radius 2 is 1.79 bits per heavy atom. The average Bonchev–Trinajstić information content (AvgIpc) is 2.68.